The fraction of sp³-hybridized carbons (Fsp3) is 0.474. The van der Waals surface area contributed by atoms with E-state index in [0.717, 1.165) is 25.4 Å². The third-order valence-corrected chi connectivity index (χ3v) is 4.34. The molecule has 1 saturated carbocycles. The van der Waals surface area contributed by atoms with Gasteiger partial charge in [0.1, 0.15) is 0 Å². The van der Waals surface area contributed by atoms with Crippen LogP contribution in [0.1, 0.15) is 43.4 Å². The van der Waals surface area contributed by atoms with E-state index in [-0.39, 0.29) is 0 Å². The summed E-state index contributed by atoms with van der Waals surface area (Å²) in [4.78, 5) is 0. The largest absolute Gasteiger partial charge is 0.354 e. The Morgan fingerprint density at radius 2 is 2.00 bits per heavy atom. The molecule has 0 spiro atoms. The van der Waals surface area contributed by atoms with E-state index in [1.165, 1.54) is 30.4 Å². The maximum Gasteiger partial charge on any atom is 0.0363 e. The maximum atomic E-state index is 3.72. The first-order chi connectivity index (χ1) is 10.4. The van der Waals surface area contributed by atoms with Gasteiger partial charge >= 0.3 is 0 Å². The van der Waals surface area contributed by atoms with E-state index in [1.54, 1.807) is 0 Å². The lowest BCUT2D eigenvalue weighted by Crippen LogP contribution is -2.23. The Morgan fingerprint density at radius 3 is 2.71 bits per heavy atom. The second kappa shape index (κ2) is 6.95. The number of benzene rings is 1. The fourth-order valence-corrected chi connectivity index (χ4v) is 2.97. The van der Waals surface area contributed by atoms with Crippen LogP contribution >= 0.6 is 0 Å². The van der Waals surface area contributed by atoms with Crippen molar-refractivity contribution in [1.82, 2.24) is 9.88 Å². The van der Waals surface area contributed by atoms with Crippen molar-refractivity contribution in [3.8, 4) is 0 Å². The lowest BCUT2D eigenvalue weighted by atomic mass is 10.1. The van der Waals surface area contributed by atoms with Crippen LogP contribution in [0.25, 0.3) is 0 Å². The van der Waals surface area contributed by atoms with Crippen molar-refractivity contribution in [2.75, 3.05) is 6.54 Å². The Labute approximate surface area is 128 Å². The predicted octanol–water partition coefficient (Wildman–Crippen LogP) is 4.18. The van der Waals surface area contributed by atoms with Crippen molar-refractivity contribution in [2.45, 2.75) is 45.2 Å². The Hall–Kier alpha value is -1.54. The van der Waals surface area contributed by atoms with Crippen molar-refractivity contribution in [2.24, 2.45) is 5.92 Å². The highest BCUT2D eigenvalue weighted by atomic mass is 15.0. The van der Waals surface area contributed by atoms with E-state index >= 15 is 0 Å². The Morgan fingerprint density at radius 1 is 1.19 bits per heavy atom. The van der Waals surface area contributed by atoms with Crippen LogP contribution in [0.4, 0.5) is 0 Å². The minimum atomic E-state index is 0.572. The standard InChI is InChI=1S/C19H26N2/c1-2-12-20-19(17-8-9-17)18-11-14-21(15-18)13-10-16-6-4-3-5-7-16/h3-7,11,14-15,17,19-20H,2,8-10,12-13H2,1H3. The zero-order valence-electron chi connectivity index (χ0n) is 13.0. The number of aromatic nitrogens is 1. The van der Waals surface area contributed by atoms with Gasteiger partial charge in [0, 0.05) is 25.0 Å². The van der Waals surface area contributed by atoms with Crippen LogP contribution in [0.5, 0.6) is 0 Å². The molecule has 0 bridgehead atoms. The number of hydrogen-bond donors (Lipinski definition) is 1. The monoisotopic (exact) mass is 282 g/mol. The van der Waals surface area contributed by atoms with E-state index in [2.05, 4.69) is 65.6 Å². The summed E-state index contributed by atoms with van der Waals surface area (Å²) >= 11 is 0. The number of aryl methyl sites for hydroxylation is 2. The molecule has 1 aliphatic rings. The minimum Gasteiger partial charge on any atom is -0.354 e. The van der Waals surface area contributed by atoms with Crippen LogP contribution in [-0.4, -0.2) is 11.1 Å². The second-order valence-electron chi connectivity index (χ2n) is 6.19. The molecule has 0 aliphatic heterocycles. The normalized spacial score (nSPS) is 16.0. The summed E-state index contributed by atoms with van der Waals surface area (Å²) in [6.45, 7) is 4.42. The topological polar surface area (TPSA) is 17.0 Å². The van der Waals surface area contributed by atoms with E-state index in [0.29, 0.717) is 6.04 Å². The van der Waals surface area contributed by atoms with Crippen molar-refractivity contribution >= 4 is 0 Å². The van der Waals surface area contributed by atoms with Gasteiger partial charge in [-0.2, -0.15) is 0 Å². The molecule has 112 valence electrons. The van der Waals surface area contributed by atoms with Crippen molar-refractivity contribution in [1.29, 1.82) is 0 Å². The van der Waals surface area contributed by atoms with Gasteiger partial charge in [0.15, 0.2) is 0 Å². The van der Waals surface area contributed by atoms with Crippen LogP contribution in [0, 0.1) is 5.92 Å². The Bertz CT molecular complexity index is 540. The van der Waals surface area contributed by atoms with E-state index in [4.69, 9.17) is 0 Å². The molecular formula is C19H26N2. The zero-order chi connectivity index (χ0) is 14.5. The minimum absolute atomic E-state index is 0.572. The lowest BCUT2D eigenvalue weighted by molar-refractivity contribution is 0.480. The highest BCUT2D eigenvalue weighted by Crippen LogP contribution is 2.41. The van der Waals surface area contributed by atoms with Crippen LogP contribution in [0.3, 0.4) is 0 Å². The van der Waals surface area contributed by atoms with Gasteiger partial charge < -0.3 is 9.88 Å². The first kappa shape index (κ1) is 14.4. The molecule has 2 aromatic rings. The van der Waals surface area contributed by atoms with E-state index < -0.39 is 0 Å². The van der Waals surface area contributed by atoms with Crippen molar-refractivity contribution in [3.05, 3.63) is 59.9 Å². The van der Waals surface area contributed by atoms with Crippen molar-refractivity contribution < 1.29 is 0 Å². The molecule has 3 rings (SSSR count). The summed E-state index contributed by atoms with van der Waals surface area (Å²) in [5, 5.41) is 3.72. The van der Waals surface area contributed by atoms with Gasteiger partial charge in [0.2, 0.25) is 0 Å². The molecule has 2 nitrogen and oxygen atoms in total. The summed E-state index contributed by atoms with van der Waals surface area (Å²) in [5.41, 5.74) is 2.88. The van der Waals surface area contributed by atoms with Crippen LogP contribution in [0.15, 0.2) is 48.8 Å². The highest BCUT2D eigenvalue weighted by molar-refractivity contribution is 5.19. The number of nitrogens with one attached hydrogen (secondary N) is 1. The van der Waals surface area contributed by atoms with Crippen molar-refractivity contribution in [3.63, 3.8) is 0 Å². The second-order valence-corrected chi connectivity index (χ2v) is 6.19. The van der Waals surface area contributed by atoms with Crippen LogP contribution < -0.4 is 5.32 Å². The molecule has 0 amide bonds. The van der Waals surface area contributed by atoms with Gasteiger partial charge in [0.05, 0.1) is 0 Å². The molecule has 21 heavy (non-hydrogen) atoms. The van der Waals surface area contributed by atoms with Crippen LogP contribution in [0.2, 0.25) is 0 Å². The summed E-state index contributed by atoms with van der Waals surface area (Å²) in [7, 11) is 0. The molecule has 2 heteroatoms. The van der Waals surface area contributed by atoms with E-state index in [9.17, 15) is 0 Å². The Kier molecular flexibility index (Phi) is 4.76. The summed E-state index contributed by atoms with van der Waals surface area (Å²) in [6, 6.07) is 13.6. The molecule has 1 heterocycles. The fourth-order valence-electron chi connectivity index (χ4n) is 2.97. The first-order valence-electron chi connectivity index (χ1n) is 8.30. The van der Waals surface area contributed by atoms with Gasteiger partial charge in [-0.1, -0.05) is 37.3 Å². The number of nitrogens with zero attached hydrogens (tertiary/aromatic N) is 1. The number of hydrogen-bond acceptors (Lipinski definition) is 1. The van der Waals surface area contributed by atoms with Gasteiger partial charge in [0.25, 0.3) is 0 Å². The third kappa shape index (κ3) is 3.98. The summed E-state index contributed by atoms with van der Waals surface area (Å²) in [6.07, 6.45) is 9.66. The quantitative estimate of drug-likeness (QED) is 0.768. The SMILES string of the molecule is CCCNC(c1ccn(CCc2ccccc2)c1)C1CC1. The molecule has 0 radical (unpaired) electrons. The molecule has 1 atom stereocenters. The summed E-state index contributed by atoms with van der Waals surface area (Å²) < 4.78 is 2.34. The molecule has 1 aliphatic carbocycles. The van der Waals surface area contributed by atoms with E-state index in [1.807, 2.05) is 0 Å². The van der Waals surface area contributed by atoms with Gasteiger partial charge in [-0.3, -0.25) is 0 Å². The van der Waals surface area contributed by atoms with Gasteiger partial charge in [-0.15, -0.1) is 0 Å². The molecule has 1 N–H and O–H groups in total. The average molecular weight is 282 g/mol. The lowest BCUT2D eigenvalue weighted by Gasteiger charge is -2.16. The first-order valence-corrected chi connectivity index (χ1v) is 8.30. The average Bonchev–Trinajstić information content (AvgIpc) is 3.25. The molecule has 1 aromatic heterocycles. The molecule has 1 unspecified atom stereocenters. The van der Waals surface area contributed by atoms with Crippen LogP contribution in [-0.2, 0) is 13.0 Å². The third-order valence-electron chi connectivity index (χ3n) is 4.34. The molecule has 0 saturated heterocycles. The molecule has 1 aromatic carbocycles. The maximum absolute atomic E-state index is 3.72. The van der Waals surface area contributed by atoms with Gasteiger partial charge in [-0.25, -0.2) is 0 Å². The zero-order valence-corrected chi connectivity index (χ0v) is 13.0. The highest BCUT2D eigenvalue weighted by Gasteiger charge is 2.32. The smallest absolute Gasteiger partial charge is 0.0363 e. The molecule has 1 fully saturated rings. The number of rotatable bonds is 8. The Balaban J connectivity index is 1.59. The van der Waals surface area contributed by atoms with Gasteiger partial charge in [-0.05, 0) is 55.3 Å². The summed E-state index contributed by atoms with van der Waals surface area (Å²) in [5.74, 6) is 0.863. The molecular weight excluding hydrogens is 256 g/mol. The predicted molar refractivity (Wildman–Crippen MR) is 88.3 cm³/mol.